The first-order chi connectivity index (χ1) is 8.93. The molecule has 0 bridgehead atoms. The second kappa shape index (κ2) is 5.36. The molecular formula is C12H9Cl2NO3S. The molecule has 2 rings (SSSR count). The first-order valence-corrected chi connectivity index (χ1v) is 7.86. The number of aromatic nitrogens is 1. The molecule has 2 aromatic rings. The lowest BCUT2D eigenvalue weighted by Crippen LogP contribution is -1.98. The van der Waals surface area contributed by atoms with E-state index in [4.69, 9.17) is 27.0 Å². The molecule has 0 unspecified atom stereocenters. The maximum Gasteiger partial charge on any atom is 0.263 e. The molecular weight excluding hydrogens is 309 g/mol. The van der Waals surface area contributed by atoms with Crippen molar-refractivity contribution in [2.75, 3.05) is 7.11 Å². The summed E-state index contributed by atoms with van der Waals surface area (Å²) in [6.45, 7) is 0. The van der Waals surface area contributed by atoms with Gasteiger partial charge in [-0.05, 0) is 6.07 Å². The number of halogens is 2. The Labute approximate surface area is 120 Å². The van der Waals surface area contributed by atoms with Crippen molar-refractivity contribution in [3.05, 3.63) is 41.6 Å². The second-order valence-electron chi connectivity index (χ2n) is 3.64. The zero-order valence-electron chi connectivity index (χ0n) is 9.80. The number of pyridine rings is 1. The Hall–Kier alpha value is -1.30. The van der Waals surface area contributed by atoms with Crippen LogP contribution < -0.4 is 4.74 Å². The van der Waals surface area contributed by atoms with Crippen molar-refractivity contribution in [2.45, 2.75) is 4.90 Å². The van der Waals surface area contributed by atoms with Gasteiger partial charge in [0.1, 0.15) is 4.90 Å². The highest BCUT2D eigenvalue weighted by Crippen LogP contribution is 2.35. The van der Waals surface area contributed by atoms with Crippen molar-refractivity contribution in [1.82, 2.24) is 4.98 Å². The maximum atomic E-state index is 11.6. The van der Waals surface area contributed by atoms with E-state index in [2.05, 4.69) is 4.98 Å². The van der Waals surface area contributed by atoms with Crippen LogP contribution in [-0.4, -0.2) is 20.5 Å². The average molecular weight is 318 g/mol. The third-order valence-electron chi connectivity index (χ3n) is 2.48. The summed E-state index contributed by atoms with van der Waals surface area (Å²) in [6, 6.07) is 8.34. The zero-order valence-corrected chi connectivity index (χ0v) is 12.1. The van der Waals surface area contributed by atoms with Crippen LogP contribution in [0, 0.1) is 0 Å². The SMILES string of the molecule is COc1cc(-c2ccccc2Cl)c(S(=O)(=O)Cl)cn1. The Kier molecular flexibility index (Phi) is 3.99. The molecule has 0 atom stereocenters. The molecule has 0 aliphatic rings. The molecule has 4 nitrogen and oxygen atoms in total. The van der Waals surface area contributed by atoms with E-state index in [1.165, 1.54) is 13.2 Å². The smallest absolute Gasteiger partial charge is 0.263 e. The quantitative estimate of drug-likeness (QED) is 0.815. The van der Waals surface area contributed by atoms with Crippen molar-refractivity contribution in [3.8, 4) is 17.0 Å². The van der Waals surface area contributed by atoms with Crippen molar-refractivity contribution < 1.29 is 13.2 Å². The summed E-state index contributed by atoms with van der Waals surface area (Å²) in [6.07, 6.45) is 1.15. The van der Waals surface area contributed by atoms with Crippen LogP contribution >= 0.6 is 22.3 Å². The summed E-state index contributed by atoms with van der Waals surface area (Å²) < 4.78 is 28.2. The van der Waals surface area contributed by atoms with Crippen molar-refractivity contribution in [1.29, 1.82) is 0 Å². The van der Waals surface area contributed by atoms with Gasteiger partial charge < -0.3 is 4.74 Å². The highest BCUT2D eigenvalue weighted by atomic mass is 35.7. The summed E-state index contributed by atoms with van der Waals surface area (Å²) in [5, 5.41) is 0.414. The number of methoxy groups -OCH3 is 1. The molecule has 0 radical (unpaired) electrons. The highest BCUT2D eigenvalue weighted by molar-refractivity contribution is 8.13. The first-order valence-electron chi connectivity index (χ1n) is 5.17. The van der Waals surface area contributed by atoms with E-state index < -0.39 is 9.05 Å². The van der Waals surface area contributed by atoms with Gasteiger partial charge in [0.2, 0.25) is 5.88 Å². The minimum absolute atomic E-state index is 0.108. The fourth-order valence-corrected chi connectivity index (χ4v) is 2.84. The molecule has 0 saturated heterocycles. The van der Waals surface area contributed by atoms with E-state index in [1.54, 1.807) is 24.3 Å². The van der Waals surface area contributed by atoms with Gasteiger partial charge in [-0.1, -0.05) is 29.8 Å². The van der Waals surface area contributed by atoms with Gasteiger partial charge in [-0.3, -0.25) is 0 Å². The lowest BCUT2D eigenvalue weighted by molar-refractivity contribution is 0.397. The number of ether oxygens (including phenoxy) is 1. The topological polar surface area (TPSA) is 56.3 Å². The van der Waals surface area contributed by atoms with Crippen LogP contribution in [0.25, 0.3) is 11.1 Å². The summed E-state index contributed by atoms with van der Waals surface area (Å²) in [5.74, 6) is 0.277. The lowest BCUT2D eigenvalue weighted by Gasteiger charge is -2.10. The zero-order chi connectivity index (χ0) is 14.0. The van der Waals surface area contributed by atoms with Gasteiger partial charge in [0.15, 0.2) is 0 Å². The molecule has 1 heterocycles. The van der Waals surface area contributed by atoms with Gasteiger partial charge in [-0.2, -0.15) is 0 Å². The van der Waals surface area contributed by atoms with Crippen LogP contribution in [0.2, 0.25) is 5.02 Å². The van der Waals surface area contributed by atoms with Gasteiger partial charge in [0, 0.05) is 32.9 Å². The Morgan fingerprint density at radius 1 is 1.21 bits per heavy atom. The number of nitrogens with zero attached hydrogens (tertiary/aromatic N) is 1. The Bertz CT molecular complexity index is 717. The highest BCUT2D eigenvalue weighted by Gasteiger charge is 2.20. The van der Waals surface area contributed by atoms with E-state index in [0.29, 0.717) is 16.1 Å². The third kappa shape index (κ3) is 3.00. The van der Waals surface area contributed by atoms with Crippen LogP contribution in [0.3, 0.4) is 0 Å². The van der Waals surface area contributed by atoms with E-state index in [0.717, 1.165) is 6.20 Å². The van der Waals surface area contributed by atoms with Gasteiger partial charge in [-0.15, -0.1) is 0 Å². The minimum atomic E-state index is -3.93. The number of hydrogen-bond acceptors (Lipinski definition) is 4. The summed E-state index contributed by atoms with van der Waals surface area (Å²) in [7, 11) is 2.92. The standard InChI is InChI=1S/C12H9Cl2NO3S/c1-18-12-6-9(8-4-2-3-5-10(8)13)11(7-15-12)19(14,16)17/h2-7H,1H3. The fourth-order valence-electron chi connectivity index (χ4n) is 1.62. The molecule has 0 aliphatic carbocycles. The van der Waals surface area contributed by atoms with Gasteiger partial charge >= 0.3 is 0 Å². The molecule has 7 heteroatoms. The fraction of sp³-hybridized carbons (Fsp3) is 0.0833. The predicted octanol–water partition coefficient (Wildman–Crippen LogP) is 3.34. The molecule has 0 aliphatic heterocycles. The Morgan fingerprint density at radius 2 is 1.89 bits per heavy atom. The number of rotatable bonds is 3. The average Bonchev–Trinajstić information content (AvgIpc) is 2.37. The minimum Gasteiger partial charge on any atom is -0.481 e. The number of benzene rings is 1. The van der Waals surface area contributed by atoms with Crippen LogP contribution in [0.4, 0.5) is 0 Å². The summed E-state index contributed by atoms with van der Waals surface area (Å²) in [4.78, 5) is 3.74. The van der Waals surface area contributed by atoms with Crippen molar-refractivity contribution in [3.63, 3.8) is 0 Å². The van der Waals surface area contributed by atoms with E-state index >= 15 is 0 Å². The van der Waals surface area contributed by atoms with Gasteiger partial charge in [-0.25, -0.2) is 13.4 Å². The van der Waals surface area contributed by atoms with Crippen LogP contribution in [0.1, 0.15) is 0 Å². The maximum absolute atomic E-state index is 11.6. The first kappa shape index (κ1) is 14.1. The molecule has 1 aromatic heterocycles. The van der Waals surface area contributed by atoms with Crippen molar-refractivity contribution in [2.24, 2.45) is 0 Å². The molecule has 0 spiro atoms. The van der Waals surface area contributed by atoms with Crippen LogP contribution in [0.5, 0.6) is 5.88 Å². The molecule has 1 aromatic carbocycles. The van der Waals surface area contributed by atoms with Gasteiger partial charge in [0.25, 0.3) is 9.05 Å². The molecule has 100 valence electrons. The van der Waals surface area contributed by atoms with Gasteiger partial charge in [0.05, 0.1) is 13.3 Å². The molecule has 0 N–H and O–H groups in total. The molecule has 0 fully saturated rings. The van der Waals surface area contributed by atoms with E-state index in [1.807, 2.05) is 0 Å². The van der Waals surface area contributed by atoms with E-state index in [-0.39, 0.29) is 10.8 Å². The van der Waals surface area contributed by atoms with Crippen LogP contribution in [-0.2, 0) is 9.05 Å². The summed E-state index contributed by atoms with van der Waals surface area (Å²) >= 11 is 6.08. The van der Waals surface area contributed by atoms with E-state index in [9.17, 15) is 8.42 Å². The number of hydrogen-bond donors (Lipinski definition) is 0. The third-order valence-corrected chi connectivity index (χ3v) is 4.16. The lowest BCUT2D eigenvalue weighted by atomic mass is 10.1. The van der Waals surface area contributed by atoms with Crippen molar-refractivity contribution >= 4 is 31.3 Å². The summed E-state index contributed by atoms with van der Waals surface area (Å²) in [5.41, 5.74) is 0.900. The Balaban J connectivity index is 2.77. The molecule has 19 heavy (non-hydrogen) atoms. The normalized spacial score (nSPS) is 11.3. The van der Waals surface area contributed by atoms with Crippen LogP contribution in [0.15, 0.2) is 41.4 Å². The predicted molar refractivity (Wildman–Crippen MR) is 74.3 cm³/mol. The monoisotopic (exact) mass is 317 g/mol. The molecule has 0 saturated carbocycles. The molecule has 0 amide bonds. The largest absolute Gasteiger partial charge is 0.481 e. The second-order valence-corrected chi connectivity index (χ2v) is 6.58. The Morgan fingerprint density at radius 3 is 2.47 bits per heavy atom.